The molecule has 0 amide bonds. The molecule has 0 saturated carbocycles. The summed E-state index contributed by atoms with van der Waals surface area (Å²) >= 11 is 2.91. The number of aryl methyl sites for hydroxylation is 1. The Morgan fingerprint density at radius 1 is 1.46 bits per heavy atom. The number of allylic oxidation sites excluding steroid dienone is 1. The molecule has 0 unspecified atom stereocenters. The van der Waals surface area contributed by atoms with Gasteiger partial charge in [0.25, 0.3) is 5.56 Å². The Kier molecular flexibility index (Phi) is 4.48. The third-order valence-electron chi connectivity index (χ3n) is 3.83. The fourth-order valence-electron chi connectivity index (χ4n) is 2.62. The van der Waals surface area contributed by atoms with Gasteiger partial charge in [0.1, 0.15) is 22.2 Å². The fourth-order valence-corrected chi connectivity index (χ4v) is 4.43. The van der Waals surface area contributed by atoms with Gasteiger partial charge < -0.3 is 14.0 Å². The second-order valence-corrected chi connectivity index (χ2v) is 7.34. The van der Waals surface area contributed by atoms with Crippen molar-refractivity contribution in [1.29, 1.82) is 0 Å². The fraction of sp³-hybridized carbons (Fsp3) is 0.176. The summed E-state index contributed by atoms with van der Waals surface area (Å²) in [5, 5.41) is 11.5. The maximum atomic E-state index is 12.6. The summed E-state index contributed by atoms with van der Waals surface area (Å²) in [5.41, 5.74) is 0.603. The number of fused-ring (bicyclic) bond motifs is 1. The van der Waals surface area contributed by atoms with E-state index < -0.39 is 0 Å². The van der Waals surface area contributed by atoms with Crippen LogP contribution in [0.25, 0.3) is 21.5 Å². The normalized spacial score (nSPS) is 11.3. The van der Waals surface area contributed by atoms with Crippen LogP contribution in [0.1, 0.15) is 11.6 Å². The van der Waals surface area contributed by atoms with Gasteiger partial charge in [-0.2, -0.15) is 0 Å². The predicted octanol–water partition coefficient (Wildman–Crippen LogP) is 3.62. The average molecular weight is 385 g/mol. The third kappa shape index (κ3) is 2.99. The predicted molar refractivity (Wildman–Crippen MR) is 102 cm³/mol. The molecular weight excluding hydrogens is 370 g/mol. The van der Waals surface area contributed by atoms with Gasteiger partial charge in [-0.3, -0.25) is 4.79 Å². The van der Waals surface area contributed by atoms with Gasteiger partial charge >= 0.3 is 0 Å². The van der Waals surface area contributed by atoms with Crippen molar-refractivity contribution in [3.8, 4) is 11.3 Å². The van der Waals surface area contributed by atoms with Crippen LogP contribution < -0.4 is 5.56 Å². The van der Waals surface area contributed by atoms with E-state index in [-0.39, 0.29) is 5.56 Å². The Bertz CT molecular complexity index is 1120. The van der Waals surface area contributed by atoms with E-state index in [1.54, 1.807) is 18.4 Å². The van der Waals surface area contributed by atoms with Crippen LogP contribution in [-0.4, -0.2) is 24.7 Å². The summed E-state index contributed by atoms with van der Waals surface area (Å²) in [6, 6.07) is 3.63. The zero-order valence-electron chi connectivity index (χ0n) is 13.9. The molecule has 0 saturated heterocycles. The van der Waals surface area contributed by atoms with Crippen LogP contribution in [0.2, 0.25) is 0 Å². The lowest BCUT2D eigenvalue weighted by Gasteiger charge is -2.05. The van der Waals surface area contributed by atoms with E-state index in [1.165, 1.54) is 23.1 Å². The molecule has 132 valence electrons. The molecule has 1 N–H and O–H groups in total. The minimum absolute atomic E-state index is 0.165. The van der Waals surface area contributed by atoms with Gasteiger partial charge in [-0.25, -0.2) is 4.98 Å². The Hall–Kier alpha value is -2.65. The molecule has 9 heteroatoms. The molecular formula is C17H15N5O2S2. The smallest absolute Gasteiger partial charge is 0.260 e. The number of aromatic nitrogens is 5. The van der Waals surface area contributed by atoms with Crippen molar-refractivity contribution < 1.29 is 4.42 Å². The van der Waals surface area contributed by atoms with Gasteiger partial charge in [0.05, 0.1) is 17.4 Å². The van der Waals surface area contributed by atoms with E-state index in [2.05, 4.69) is 26.7 Å². The van der Waals surface area contributed by atoms with Crippen molar-refractivity contribution in [2.75, 3.05) is 0 Å². The van der Waals surface area contributed by atoms with Crippen molar-refractivity contribution >= 4 is 33.3 Å². The maximum absolute atomic E-state index is 12.6. The van der Waals surface area contributed by atoms with Crippen LogP contribution in [0.5, 0.6) is 0 Å². The van der Waals surface area contributed by atoms with Gasteiger partial charge in [0.15, 0.2) is 5.16 Å². The largest absolute Gasteiger partial charge is 0.464 e. The molecule has 26 heavy (non-hydrogen) atoms. The first kappa shape index (κ1) is 16.8. The van der Waals surface area contributed by atoms with Crippen molar-refractivity contribution in [2.45, 2.75) is 24.4 Å². The summed E-state index contributed by atoms with van der Waals surface area (Å²) in [7, 11) is 0. The second-order valence-electron chi connectivity index (χ2n) is 5.54. The van der Waals surface area contributed by atoms with Crippen LogP contribution in [0.3, 0.4) is 0 Å². The van der Waals surface area contributed by atoms with Crippen molar-refractivity contribution in [1.82, 2.24) is 24.7 Å². The quantitative estimate of drug-likeness (QED) is 0.403. The number of H-pyrrole nitrogens is 1. The van der Waals surface area contributed by atoms with Gasteiger partial charge in [0.2, 0.25) is 0 Å². The Morgan fingerprint density at radius 2 is 2.35 bits per heavy atom. The minimum Gasteiger partial charge on any atom is -0.464 e. The van der Waals surface area contributed by atoms with Crippen LogP contribution in [0.15, 0.2) is 50.8 Å². The topological polar surface area (TPSA) is 89.6 Å². The summed E-state index contributed by atoms with van der Waals surface area (Å²) in [4.78, 5) is 20.7. The molecule has 0 aliphatic rings. The highest BCUT2D eigenvalue weighted by molar-refractivity contribution is 7.98. The van der Waals surface area contributed by atoms with Gasteiger partial charge in [-0.1, -0.05) is 17.8 Å². The summed E-state index contributed by atoms with van der Waals surface area (Å²) in [6.07, 6.45) is 3.39. The van der Waals surface area contributed by atoms with Crippen LogP contribution >= 0.6 is 23.1 Å². The number of hydrogen-bond donors (Lipinski definition) is 1. The van der Waals surface area contributed by atoms with Crippen molar-refractivity contribution in [3.63, 3.8) is 0 Å². The first-order valence-electron chi connectivity index (χ1n) is 7.85. The van der Waals surface area contributed by atoms with E-state index in [0.29, 0.717) is 34.1 Å². The van der Waals surface area contributed by atoms with Gasteiger partial charge in [0, 0.05) is 17.5 Å². The zero-order valence-corrected chi connectivity index (χ0v) is 15.6. The molecule has 0 aliphatic heterocycles. The number of furan rings is 1. The van der Waals surface area contributed by atoms with Gasteiger partial charge in [-0.05, 0) is 19.1 Å². The monoisotopic (exact) mass is 385 g/mol. The lowest BCUT2D eigenvalue weighted by atomic mass is 10.2. The molecule has 7 nitrogen and oxygen atoms in total. The highest BCUT2D eigenvalue weighted by Crippen LogP contribution is 2.31. The SMILES string of the molecule is C=CCn1c(C)nnc1SCc1nc2scc(-c3ccco3)c2c(=O)[nH]1. The standard InChI is InChI=1S/C17H15N5O2S2/c1-3-6-22-10(2)20-21-17(22)26-9-13-18-15(23)14-11(8-25-16(14)19-13)12-5-4-7-24-12/h3-5,7-8H,1,6,9H2,2H3,(H,18,19,23). The first-order chi connectivity index (χ1) is 12.7. The number of aromatic amines is 1. The number of thioether (sulfide) groups is 1. The molecule has 4 rings (SSSR count). The maximum Gasteiger partial charge on any atom is 0.260 e. The highest BCUT2D eigenvalue weighted by atomic mass is 32.2. The van der Waals surface area contributed by atoms with Crippen LogP contribution in [-0.2, 0) is 12.3 Å². The Balaban J connectivity index is 1.63. The average Bonchev–Trinajstić information content (AvgIpc) is 3.34. The minimum atomic E-state index is -0.165. The third-order valence-corrected chi connectivity index (χ3v) is 5.68. The summed E-state index contributed by atoms with van der Waals surface area (Å²) in [6.45, 7) is 6.29. The number of nitrogens with zero attached hydrogens (tertiary/aromatic N) is 4. The molecule has 0 aromatic carbocycles. The molecule has 0 radical (unpaired) electrons. The molecule has 0 aliphatic carbocycles. The number of thiophene rings is 1. The Morgan fingerprint density at radius 3 is 3.12 bits per heavy atom. The van der Waals surface area contributed by atoms with E-state index in [4.69, 9.17) is 4.42 Å². The van der Waals surface area contributed by atoms with E-state index in [0.717, 1.165) is 16.5 Å². The summed E-state index contributed by atoms with van der Waals surface area (Å²) in [5.74, 6) is 2.59. The lowest BCUT2D eigenvalue weighted by molar-refractivity contribution is 0.583. The van der Waals surface area contributed by atoms with Crippen molar-refractivity contribution in [2.24, 2.45) is 0 Å². The van der Waals surface area contributed by atoms with E-state index in [9.17, 15) is 4.79 Å². The number of nitrogens with one attached hydrogen (secondary N) is 1. The highest BCUT2D eigenvalue weighted by Gasteiger charge is 2.15. The number of hydrogen-bond acceptors (Lipinski definition) is 7. The first-order valence-corrected chi connectivity index (χ1v) is 9.71. The molecule has 4 aromatic heterocycles. The van der Waals surface area contributed by atoms with Crippen LogP contribution in [0, 0.1) is 6.92 Å². The lowest BCUT2D eigenvalue weighted by Crippen LogP contribution is -2.11. The summed E-state index contributed by atoms with van der Waals surface area (Å²) < 4.78 is 7.38. The zero-order chi connectivity index (χ0) is 18.1. The molecule has 0 atom stereocenters. The molecule has 4 heterocycles. The molecule has 0 bridgehead atoms. The van der Waals surface area contributed by atoms with E-state index >= 15 is 0 Å². The van der Waals surface area contributed by atoms with E-state index in [1.807, 2.05) is 22.9 Å². The van der Waals surface area contributed by atoms with Gasteiger partial charge in [-0.15, -0.1) is 28.1 Å². The second kappa shape index (κ2) is 6.93. The number of rotatable bonds is 6. The van der Waals surface area contributed by atoms with Crippen LogP contribution in [0.4, 0.5) is 0 Å². The molecule has 4 aromatic rings. The Labute approximate surface area is 156 Å². The molecule has 0 spiro atoms. The van der Waals surface area contributed by atoms with Crippen molar-refractivity contribution in [3.05, 3.63) is 58.4 Å². The molecule has 0 fully saturated rings.